The second-order valence-electron chi connectivity index (χ2n) is 5.05. The number of amides is 1. The fraction of sp³-hybridized carbons (Fsp3) is 0.235. The van der Waals surface area contributed by atoms with Gasteiger partial charge in [0.2, 0.25) is 0 Å². The van der Waals surface area contributed by atoms with Gasteiger partial charge in [-0.3, -0.25) is 14.6 Å². The van der Waals surface area contributed by atoms with Crippen LogP contribution < -0.4 is 5.32 Å². The lowest BCUT2D eigenvalue weighted by molar-refractivity contribution is -0.137. The number of aromatic nitrogens is 1. The van der Waals surface area contributed by atoms with Crippen molar-refractivity contribution in [2.24, 2.45) is 0 Å². The summed E-state index contributed by atoms with van der Waals surface area (Å²) >= 11 is 6.12. The highest BCUT2D eigenvalue weighted by Crippen LogP contribution is 2.25. The lowest BCUT2D eigenvalue weighted by atomic mass is 10.0. The number of pyridine rings is 1. The molecule has 0 saturated carbocycles. The van der Waals surface area contributed by atoms with Crippen LogP contribution in [-0.4, -0.2) is 22.0 Å². The van der Waals surface area contributed by atoms with E-state index >= 15 is 0 Å². The second-order valence-corrected chi connectivity index (χ2v) is 5.46. The zero-order valence-electron chi connectivity index (χ0n) is 12.6. The van der Waals surface area contributed by atoms with E-state index in [1.165, 1.54) is 0 Å². The number of aliphatic carboxylic acids is 1. The van der Waals surface area contributed by atoms with Gasteiger partial charge in [0.05, 0.1) is 12.5 Å². The largest absolute Gasteiger partial charge is 0.481 e. The maximum absolute atomic E-state index is 12.4. The van der Waals surface area contributed by atoms with Gasteiger partial charge in [-0.25, -0.2) is 0 Å². The van der Waals surface area contributed by atoms with E-state index in [1.807, 2.05) is 13.0 Å². The molecule has 2 N–H and O–H groups in total. The van der Waals surface area contributed by atoms with E-state index in [4.69, 9.17) is 16.7 Å². The minimum absolute atomic E-state index is 0.256. The first-order valence-corrected chi connectivity index (χ1v) is 7.61. The Kier molecular flexibility index (Phi) is 5.71. The molecular formula is C17H17ClN2O3. The Morgan fingerprint density at radius 1 is 1.30 bits per heavy atom. The van der Waals surface area contributed by atoms with Crippen molar-refractivity contribution in [3.8, 4) is 0 Å². The first-order chi connectivity index (χ1) is 11.0. The van der Waals surface area contributed by atoms with Crippen molar-refractivity contribution in [2.75, 3.05) is 0 Å². The summed E-state index contributed by atoms with van der Waals surface area (Å²) in [5.74, 6) is -1.45. The standard InChI is InChI=1S/C17H17ClN2O3/c1-2-11-7-8-19-15(9-11)17(23)20-14(10-16(21)22)12-5-3-4-6-13(12)18/h3-9,14H,2,10H2,1H3,(H,20,23)(H,21,22)/t14-/m0/s1. The lowest BCUT2D eigenvalue weighted by Crippen LogP contribution is -2.31. The Morgan fingerprint density at radius 2 is 2.04 bits per heavy atom. The third-order valence-electron chi connectivity index (χ3n) is 3.43. The van der Waals surface area contributed by atoms with Gasteiger partial charge in [0.15, 0.2) is 0 Å². The molecule has 23 heavy (non-hydrogen) atoms. The van der Waals surface area contributed by atoms with Crippen LogP contribution in [0.4, 0.5) is 0 Å². The number of carbonyl (C=O) groups is 2. The number of hydrogen-bond donors (Lipinski definition) is 2. The quantitative estimate of drug-likeness (QED) is 0.851. The summed E-state index contributed by atoms with van der Waals surface area (Å²) < 4.78 is 0. The monoisotopic (exact) mass is 332 g/mol. The Hall–Kier alpha value is -2.40. The van der Waals surface area contributed by atoms with Crippen LogP contribution in [-0.2, 0) is 11.2 Å². The second kappa shape index (κ2) is 7.74. The highest BCUT2D eigenvalue weighted by atomic mass is 35.5. The van der Waals surface area contributed by atoms with Gasteiger partial charge in [0, 0.05) is 11.2 Å². The van der Waals surface area contributed by atoms with E-state index in [-0.39, 0.29) is 12.1 Å². The summed E-state index contributed by atoms with van der Waals surface area (Å²) in [6, 6.07) is 9.66. The van der Waals surface area contributed by atoms with Crippen LogP contribution in [0.15, 0.2) is 42.6 Å². The van der Waals surface area contributed by atoms with Gasteiger partial charge >= 0.3 is 5.97 Å². The average Bonchev–Trinajstić information content (AvgIpc) is 2.54. The summed E-state index contributed by atoms with van der Waals surface area (Å²) in [6.45, 7) is 1.98. The molecule has 1 aromatic carbocycles. The van der Waals surface area contributed by atoms with E-state index in [9.17, 15) is 9.59 Å². The van der Waals surface area contributed by atoms with Crippen LogP contribution in [0, 0.1) is 0 Å². The minimum atomic E-state index is -1.02. The van der Waals surface area contributed by atoms with Crippen LogP contribution in [0.3, 0.4) is 0 Å². The molecular weight excluding hydrogens is 316 g/mol. The number of carboxylic acid groups (broad SMARTS) is 1. The van der Waals surface area contributed by atoms with E-state index in [0.717, 1.165) is 12.0 Å². The maximum atomic E-state index is 12.4. The average molecular weight is 333 g/mol. The number of carboxylic acids is 1. The molecule has 1 aromatic heterocycles. The van der Waals surface area contributed by atoms with Crippen molar-refractivity contribution in [3.63, 3.8) is 0 Å². The summed E-state index contributed by atoms with van der Waals surface area (Å²) in [7, 11) is 0. The summed E-state index contributed by atoms with van der Waals surface area (Å²) in [4.78, 5) is 27.5. The number of halogens is 1. The molecule has 0 aliphatic rings. The highest BCUT2D eigenvalue weighted by molar-refractivity contribution is 6.31. The van der Waals surface area contributed by atoms with E-state index < -0.39 is 17.9 Å². The van der Waals surface area contributed by atoms with Crippen LogP contribution in [0.1, 0.15) is 41.0 Å². The van der Waals surface area contributed by atoms with E-state index in [1.54, 1.807) is 36.5 Å². The number of benzene rings is 1. The molecule has 0 fully saturated rings. The highest BCUT2D eigenvalue weighted by Gasteiger charge is 2.21. The first-order valence-electron chi connectivity index (χ1n) is 7.23. The zero-order valence-corrected chi connectivity index (χ0v) is 13.4. The molecule has 0 aliphatic heterocycles. The summed E-state index contributed by atoms with van der Waals surface area (Å²) in [5, 5.41) is 12.2. The molecule has 1 amide bonds. The normalized spacial score (nSPS) is 11.7. The van der Waals surface area contributed by atoms with Crippen LogP contribution in [0.2, 0.25) is 5.02 Å². The molecule has 0 radical (unpaired) electrons. The zero-order chi connectivity index (χ0) is 16.8. The molecule has 2 rings (SSSR count). The molecule has 120 valence electrons. The first kappa shape index (κ1) is 17.0. The summed E-state index contributed by atoms with van der Waals surface area (Å²) in [5.41, 5.74) is 1.81. The van der Waals surface area contributed by atoms with Crippen molar-refractivity contribution in [1.29, 1.82) is 0 Å². The predicted molar refractivity (Wildman–Crippen MR) is 87.5 cm³/mol. The number of nitrogens with zero attached hydrogens (tertiary/aromatic N) is 1. The predicted octanol–water partition coefficient (Wildman–Crippen LogP) is 3.24. The summed E-state index contributed by atoms with van der Waals surface area (Å²) in [6.07, 6.45) is 2.09. The number of carbonyl (C=O) groups excluding carboxylic acids is 1. The number of nitrogens with one attached hydrogen (secondary N) is 1. The molecule has 0 bridgehead atoms. The van der Waals surface area contributed by atoms with Gasteiger partial charge in [-0.15, -0.1) is 0 Å². The van der Waals surface area contributed by atoms with E-state index in [0.29, 0.717) is 10.6 Å². The van der Waals surface area contributed by atoms with Gasteiger partial charge in [0.25, 0.3) is 5.91 Å². The molecule has 1 heterocycles. The van der Waals surface area contributed by atoms with Gasteiger partial charge < -0.3 is 10.4 Å². The Balaban J connectivity index is 2.25. The maximum Gasteiger partial charge on any atom is 0.305 e. The lowest BCUT2D eigenvalue weighted by Gasteiger charge is -2.18. The molecule has 2 aromatic rings. The van der Waals surface area contributed by atoms with Gasteiger partial charge in [-0.1, -0.05) is 36.7 Å². The molecule has 0 aliphatic carbocycles. The van der Waals surface area contributed by atoms with Crippen molar-refractivity contribution in [1.82, 2.24) is 10.3 Å². The Labute approximate surface area is 139 Å². The van der Waals surface area contributed by atoms with Crippen LogP contribution in [0.25, 0.3) is 0 Å². The van der Waals surface area contributed by atoms with Crippen LogP contribution >= 0.6 is 11.6 Å². The van der Waals surface area contributed by atoms with Crippen molar-refractivity contribution < 1.29 is 14.7 Å². The molecule has 0 spiro atoms. The van der Waals surface area contributed by atoms with Gasteiger partial charge in [-0.2, -0.15) is 0 Å². The third kappa shape index (κ3) is 4.53. The number of aryl methyl sites for hydroxylation is 1. The Morgan fingerprint density at radius 3 is 2.70 bits per heavy atom. The smallest absolute Gasteiger partial charge is 0.305 e. The third-order valence-corrected chi connectivity index (χ3v) is 3.77. The minimum Gasteiger partial charge on any atom is -0.481 e. The molecule has 6 heteroatoms. The van der Waals surface area contributed by atoms with Crippen molar-refractivity contribution >= 4 is 23.5 Å². The van der Waals surface area contributed by atoms with Crippen LogP contribution in [0.5, 0.6) is 0 Å². The van der Waals surface area contributed by atoms with E-state index in [2.05, 4.69) is 10.3 Å². The molecule has 5 nitrogen and oxygen atoms in total. The molecule has 0 saturated heterocycles. The molecule has 1 atom stereocenters. The topological polar surface area (TPSA) is 79.3 Å². The van der Waals surface area contributed by atoms with Gasteiger partial charge in [-0.05, 0) is 35.7 Å². The van der Waals surface area contributed by atoms with Gasteiger partial charge in [0.1, 0.15) is 5.69 Å². The fourth-order valence-corrected chi connectivity index (χ4v) is 2.49. The van der Waals surface area contributed by atoms with Crippen molar-refractivity contribution in [2.45, 2.75) is 25.8 Å². The number of hydrogen-bond acceptors (Lipinski definition) is 3. The SMILES string of the molecule is CCc1ccnc(C(=O)N[C@@H](CC(=O)O)c2ccccc2Cl)c1. The number of rotatable bonds is 6. The Bertz CT molecular complexity index is 718. The molecule has 0 unspecified atom stereocenters. The van der Waals surface area contributed by atoms with Crippen molar-refractivity contribution in [3.05, 3.63) is 64.4 Å². The fourth-order valence-electron chi connectivity index (χ4n) is 2.22.